The van der Waals surface area contributed by atoms with Gasteiger partial charge in [-0.2, -0.15) is 4.31 Å². The van der Waals surface area contributed by atoms with E-state index in [0.29, 0.717) is 37.7 Å². The first-order chi connectivity index (χ1) is 13.4. The Kier molecular flexibility index (Phi) is 7.07. The molecule has 2 aromatic rings. The fourth-order valence-corrected chi connectivity index (χ4v) is 4.68. The average Bonchev–Trinajstić information content (AvgIpc) is 2.69. The van der Waals surface area contributed by atoms with Crippen LogP contribution in [0, 0.1) is 0 Å². The summed E-state index contributed by atoms with van der Waals surface area (Å²) < 4.78 is 26.8. The van der Waals surface area contributed by atoms with E-state index in [0.717, 1.165) is 6.42 Å². The van der Waals surface area contributed by atoms with E-state index in [2.05, 4.69) is 5.32 Å². The molecule has 6 nitrogen and oxygen atoms in total. The van der Waals surface area contributed by atoms with Gasteiger partial charge in [0.15, 0.2) is 0 Å². The Bertz CT molecular complexity index is 881. The number of hydrogen-bond acceptors (Lipinski definition) is 4. The van der Waals surface area contributed by atoms with Crippen LogP contribution in [-0.4, -0.2) is 62.8 Å². The molecule has 0 aliphatic carbocycles. The SMILES string of the molecule is O=C(CN1CCN(S(=O)(=O)c2ccc(Cl)cc2)CC1)NCCc1ccccc1. The molecule has 0 atom stereocenters. The molecule has 1 amide bonds. The Balaban J connectivity index is 1.43. The van der Waals surface area contributed by atoms with Crippen LogP contribution in [0.2, 0.25) is 5.02 Å². The third-order valence-corrected chi connectivity index (χ3v) is 6.89. The monoisotopic (exact) mass is 421 g/mol. The topological polar surface area (TPSA) is 69.7 Å². The van der Waals surface area contributed by atoms with Gasteiger partial charge in [0.2, 0.25) is 15.9 Å². The van der Waals surface area contributed by atoms with Crippen molar-refractivity contribution in [2.45, 2.75) is 11.3 Å². The van der Waals surface area contributed by atoms with Crippen molar-refractivity contribution in [1.29, 1.82) is 0 Å². The summed E-state index contributed by atoms with van der Waals surface area (Å²) in [6.07, 6.45) is 0.791. The highest BCUT2D eigenvalue weighted by atomic mass is 35.5. The lowest BCUT2D eigenvalue weighted by atomic mass is 10.1. The number of carbonyl (C=O) groups excluding carboxylic acids is 1. The molecule has 1 aliphatic rings. The van der Waals surface area contributed by atoms with E-state index < -0.39 is 10.0 Å². The Morgan fingerprint density at radius 1 is 0.964 bits per heavy atom. The fraction of sp³-hybridized carbons (Fsp3) is 0.350. The van der Waals surface area contributed by atoms with E-state index >= 15 is 0 Å². The van der Waals surface area contributed by atoms with Gasteiger partial charge >= 0.3 is 0 Å². The number of nitrogens with one attached hydrogen (secondary N) is 1. The molecule has 0 aromatic heterocycles. The number of amides is 1. The molecule has 1 heterocycles. The first-order valence-electron chi connectivity index (χ1n) is 9.24. The van der Waals surface area contributed by atoms with Gasteiger partial charge in [0.05, 0.1) is 11.4 Å². The molecular formula is C20H24ClN3O3S. The zero-order chi connectivity index (χ0) is 20.0. The Morgan fingerprint density at radius 3 is 2.25 bits per heavy atom. The minimum absolute atomic E-state index is 0.0371. The number of piperazine rings is 1. The van der Waals surface area contributed by atoms with Gasteiger partial charge in [-0.05, 0) is 36.2 Å². The number of nitrogens with zero attached hydrogens (tertiary/aromatic N) is 2. The lowest BCUT2D eigenvalue weighted by molar-refractivity contribution is -0.122. The molecule has 28 heavy (non-hydrogen) atoms. The maximum absolute atomic E-state index is 12.7. The van der Waals surface area contributed by atoms with Crippen LogP contribution < -0.4 is 5.32 Å². The second-order valence-electron chi connectivity index (χ2n) is 6.72. The molecular weight excluding hydrogens is 398 g/mol. The van der Waals surface area contributed by atoms with Gasteiger partial charge in [0.1, 0.15) is 0 Å². The van der Waals surface area contributed by atoms with Crippen LogP contribution in [-0.2, 0) is 21.2 Å². The van der Waals surface area contributed by atoms with Crippen LogP contribution in [0.4, 0.5) is 0 Å². The number of hydrogen-bond donors (Lipinski definition) is 1. The van der Waals surface area contributed by atoms with Crippen molar-refractivity contribution >= 4 is 27.5 Å². The minimum Gasteiger partial charge on any atom is -0.355 e. The third-order valence-electron chi connectivity index (χ3n) is 4.73. The van der Waals surface area contributed by atoms with Crippen LogP contribution in [0.1, 0.15) is 5.56 Å². The summed E-state index contributed by atoms with van der Waals surface area (Å²) in [7, 11) is -3.53. The molecule has 3 rings (SSSR count). The maximum atomic E-state index is 12.7. The second kappa shape index (κ2) is 9.52. The normalized spacial score (nSPS) is 16.0. The zero-order valence-electron chi connectivity index (χ0n) is 15.6. The lowest BCUT2D eigenvalue weighted by Crippen LogP contribution is -2.51. The molecule has 150 valence electrons. The van der Waals surface area contributed by atoms with Crippen LogP contribution >= 0.6 is 11.6 Å². The second-order valence-corrected chi connectivity index (χ2v) is 9.09. The largest absolute Gasteiger partial charge is 0.355 e. The Morgan fingerprint density at radius 2 is 1.61 bits per heavy atom. The molecule has 1 N–H and O–H groups in total. The summed E-state index contributed by atoms with van der Waals surface area (Å²) in [5, 5.41) is 3.43. The summed E-state index contributed by atoms with van der Waals surface area (Å²) in [5.41, 5.74) is 1.18. The van der Waals surface area contributed by atoms with E-state index in [9.17, 15) is 13.2 Å². The van der Waals surface area contributed by atoms with E-state index in [4.69, 9.17) is 11.6 Å². The van der Waals surface area contributed by atoms with Crippen molar-refractivity contribution < 1.29 is 13.2 Å². The van der Waals surface area contributed by atoms with Gasteiger partial charge in [-0.3, -0.25) is 9.69 Å². The molecule has 0 bridgehead atoms. The zero-order valence-corrected chi connectivity index (χ0v) is 17.1. The quantitative estimate of drug-likeness (QED) is 0.742. The molecule has 1 aliphatic heterocycles. The maximum Gasteiger partial charge on any atom is 0.243 e. The summed E-state index contributed by atoms with van der Waals surface area (Å²) in [5.74, 6) is -0.0371. The van der Waals surface area contributed by atoms with Gasteiger partial charge in [-0.15, -0.1) is 0 Å². The van der Waals surface area contributed by atoms with Crippen LogP contribution in [0.3, 0.4) is 0 Å². The Labute approximate surface area is 171 Å². The standard InChI is InChI=1S/C20H24ClN3O3S/c21-18-6-8-19(9-7-18)28(26,27)24-14-12-23(13-15-24)16-20(25)22-11-10-17-4-2-1-3-5-17/h1-9H,10-16H2,(H,22,25). The van der Waals surface area contributed by atoms with Gasteiger partial charge in [-0.25, -0.2) is 8.42 Å². The minimum atomic E-state index is -3.53. The molecule has 0 spiro atoms. The van der Waals surface area contributed by atoms with Crippen molar-refractivity contribution in [1.82, 2.24) is 14.5 Å². The van der Waals surface area contributed by atoms with Crippen molar-refractivity contribution in [3.05, 3.63) is 65.2 Å². The molecule has 0 radical (unpaired) electrons. The third kappa shape index (κ3) is 5.54. The van der Waals surface area contributed by atoms with Crippen molar-refractivity contribution in [2.24, 2.45) is 0 Å². The molecule has 0 unspecified atom stereocenters. The number of rotatable bonds is 7. The van der Waals surface area contributed by atoms with E-state index in [-0.39, 0.29) is 17.3 Å². The summed E-state index contributed by atoms with van der Waals surface area (Å²) in [6, 6.07) is 16.2. The van der Waals surface area contributed by atoms with E-state index in [1.54, 1.807) is 12.1 Å². The summed E-state index contributed by atoms with van der Waals surface area (Å²) in [4.78, 5) is 14.4. The van der Waals surface area contributed by atoms with Crippen LogP contribution in [0.15, 0.2) is 59.5 Å². The fourth-order valence-electron chi connectivity index (χ4n) is 3.13. The Hall–Kier alpha value is -1.93. The van der Waals surface area contributed by atoms with Crippen LogP contribution in [0.25, 0.3) is 0 Å². The number of carbonyl (C=O) groups is 1. The van der Waals surface area contributed by atoms with Crippen molar-refractivity contribution in [3.63, 3.8) is 0 Å². The first kappa shape index (κ1) is 20.8. The van der Waals surface area contributed by atoms with Gasteiger partial charge < -0.3 is 5.32 Å². The van der Waals surface area contributed by atoms with Crippen molar-refractivity contribution in [3.8, 4) is 0 Å². The lowest BCUT2D eigenvalue weighted by Gasteiger charge is -2.33. The highest BCUT2D eigenvalue weighted by Gasteiger charge is 2.28. The van der Waals surface area contributed by atoms with Crippen molar-refractivity contribution in [2.75, 3.05) is 39.3 Å². The summed E-state index contributed by atoms with van der Waals surface area (Å²) >= 11 is 5.83. The highest BCUT2D eigenvalue weighted by Crippen LogP contribution is 2.19. The predicted octanol–water partition coefficient (Wildman–Crippen LogP) is 2.01. The molecule has 8 heteroatoms. The summed E-state index contributed by atoms with van der Waals surface area (Å²) in [6.45, 7) is 2.65. The first-order valence-corrected chi connectivity index (χ1v) is 11.1. The highest BCUT2D eigenvalue weighted by molar-refractivity contribution is 7.89. The van der Waals surface area contributed by atoms with Gasteiger partial charge in [0.25, 0.3) is 0 Å². The molecule has 0 saturated carbocycles. The van der Waals surface area contributed by atoms with Crippen LogP contribution in [0.5, 0.6) is 0 Å². The van der Waals surface area contributed by atoms with Gasteiger partial charge in [0, 0.05) is 37.7 Å². The number of sulfonamides is 1. The molecule has 1 saturated heterocycles. The average molecular weight is 422 g/mol. The molecule has 2 aromatic carbocycles. The van der Waals surface area contributed by atoms with E-state index in [1.165, 1.54) is 22.0 Å². The molecule has 1 fully saturated rings. The smallest absolute Gasteiger partial charge is 0.243 e. The number of halogens is 1. The number of benzene rings is 2. The predicted molar refractivity (Wildman–Crippen MR) is 110 cm³/mol. The van der Waals surface area contributed by atoms with E-state index in [1.807, 2.05) is 35.2 Å². The van der Waals surface area contributed by atoms with Gasteiger partial charge in [-0.1, -0.05) is 41.9 Å².